The van der Waals surface area contributed by atoms with Crippen LogP contribution < -0.4 is 11.1 Å². The Bertz CT molecular complexity index is 1030. The summed E-state index contributed by atoms with van der Waals surface area (Å²) in [6.07, 6.45) is 52.3. The second-order valence-corrected chi connectivity index (χ2v) is 19.4. The summed E-state index contributed by atoms with van der Waals surface area (Å²) < 4.78 is 22.2. The maximum absolute atomic E-state index is 12.9. The maximum atomic E-state index is 12.9. The van der Waals surface area contributed by atoms with Gasteiger partial charge < -0.3 is 26.2 Å². The van der Waals surface area contributed by atoms with Gasteiger partial charge in [-0.05, 0) is 44.9 Å². The average molecular weight is 885 g/mol. The Kier molecular flexibility index (Phi) is 46.1. The normalized spacial score (nSPS) is 14.5. The number of aliphatic hydroxyl groups is 2. The molecule has 4 atom stereocenters. The first-order valence-electron chi connectivity index (χ1n) is 26.0. The van der Waals surface area contributed by atoms with Crippen LogP contribution in [-0.2, 0) is 18.4 Å². The smallest absolute Gasteiger partial charge is 0.393 e. The first-order chi connectivity index (χ1) is 29.8. The van der Waals surface area contributed by atoms with Gasteiger partial charge in [0, 0.05) is 6.54 Å². The van der Waals surface area contributed by atoms with Gasteiger partial charge >= 0.3 is 7.82 Å². The lowest BCUT2D eigenvalue weighted by Crippen LogP contribution is -2.47. The van der Waals surface area contributed by atoms with E-state index in [1.54, 1.807) is 0 Å². The molecule has 6 N–H and O–H groups in total. The molecule has 0 heterocycles. The number of carbonyl (C=O) groups is 1. The molecule has 0 radical (unpaired) electrons. The van der Waals surface area contributed by atoms with E-state index < -0.39 is 32.0 Å². The second-order valence-electron chi connectivity index (χ2n) is 17.9. The Hall–Kier alpha value is -1.06. The minimum Gasteiger partial charge on any atom is -0.393 e. The topological polar surface area (TPSA) is 151 Å². The molecule has 0 aliphatic carbocycles. The summed E-state index contributed by atoms with van der Waals surface area (Å²) in [5, 5.41) is 24.3. The minimum atomic E-state index is -4.38. The molecular formula is C51H101N2O7P. The van der Waals surface area contributed by atoms with Crippen molar-refractivity contribution in [3.8, 4) is 0 Å². The van der Waals surface area contributed by atoms with Crippen molar-refractivity contribution in [3.63, 3.8) is 0 Å². The summed E-state index contributed by atoms with van der Waals surface area (Å²) in [6.45, 7) is 4.07. The van der Waals surface area contributed by atoms with E-state index in [0.29, 0.717) is 12.8 Å². The van der Waals surface area contributed by atoms with Crippen LogP contribution in [0.4, 0.5) is 0 Å². The van der Waals surface area contributed by atoms with Crippen molar-refractivity contribution in [2.75, 3.05) is 19.8 Å². The number of unbranched alkanes of at least 4 members (excludes halogenated alkanes) is 31. The van der Waals surface area contributed by atoms with E-state index in [1.807, 2.05) is 0 Å². The number of hydrogen-bond acceptors (Lipinski definition) is 7. The van der Waals surface area contributed by atoms with Gasteiger partial charge in [-0.25, -0.2) is 4.57 Å². The SMILES string of the molecule is CCCCCCCCCCC/C=C\C/C=C\CCCCCCCC(O)CC(=O)NC(COP(=O)(O)OCCN)C(O)CCCCCCCCCCCCCCCCCCCC. The molecule has 9 nitrogen and oxygen atoms in total. The highest BCUT2D eigenvalue weighted by Gasteiger charge is 2.28. The summed E-state index contributed by atoms with van der Waals surface area (Å²) in [5.41, 5.74) is 5.39. The van der Waals surface area contributed by atoms with Crippen molar-refractivity contribution in [1.82, 2.24) is 5.32 Å². The highest BCUT2D eigenvalue weighted by molar-refractivity contribution is 7.47. The number of phosphoric ester groups is 1. The van der Waals surface area contributed by atoms with Gasteiger partial charge in [0.1, 0.15) is 0 Å². The molecule has 61 heavy (non-hydrogen) atoms. The molecule has 0 bridgehead atoms. The van der Waals surface area contributed by atoms with Gasteiger partial charge in [-0.3, -0.25) is 13.8 Å². The number of nitrogens with two attached hydrogens (primary N) is 1. The van der Waals surface area contributed by atoms with Crippen molar-refractivity contribution in [1.29, 1.82) is 0 Å². The Balaban J connectivity index is 4.16. The molecule has 0 saturated heterocycles. The van der Waals surface area contributed by atoms with Crippen LogP contribution in [0.15, 0.2) is 24.3 Å². The van der Waals surface area contributed by atoms with E-state index in [1.165, 1.54) is 161 Å². The molecule has 0 aromatic carbocycles. The van der Waals surface area contributed by atoms with Crippen molar-refractivity contribution in [2.24, 2.45) is 5.73 Å². The van der Waals surface area contributed by atoms with E-state index >= 15 is 0 Å². The van der Waals surface area contributed by atoms with Crippen LogP contribution in [0.25, 0.3) is 0 Å². The van der Waals surface area contributed by atoms with Crippen LogP contribution in [0, 0.1) is 0 Å². The molecule has 362 valence electrons. The van der Waals surface area contributed by atoms with E-state index in [9.17, 15) is 24.5 Å². The van der Waals surface area contributed by atoms with E-state index in [4.69, 9.17) is 14.8 Å². The van der Waals surface area contributed by atoms with Gasteiger partial charge in [0.15, 0.2) is 0 Å². The molecule has 0 spiro atoms. The molecule has 0 aromatic heterocycles. The van der Waals surface area contributed by atoms with Gasteiger partial charge in [-0.1, -0.05) is 231 Å². The van der Waals surface area contributed by atoms with Crippen molar-refractivity contribution < 1.29 is 33.5 Å². The first-order valence-corrected chi connectivity index (χ1v) is 27.5. The number of rotatable bonds is 49. The molecular weight excluding hydrogens is 784 g/mol. The predicted molar refractivity (Wildman–Crippen MR) is 260 cm³/mol. The first kappa shape index (κ1) is 59.9. The quantitative estimate of drug-likeness (QED) is 0.0230. The average Bonchev–Trinajstić information content (AvgIpc) is 3.24. The highest BCUT2D eigenvalue weighted by Crippen LogP contribution is 2.43. The van der Waals surface area contributed by atoms with Crippen LogP contribution in [0.3, 0.4) is 0 Å². The van der Waals surface area contributed by atoms with Crippen LogP contribution >= 0.6 is 7.82 Å². The standard InChI is InChI=1S/C51H101N2O7P/c1-3-5-7-9-11-13-15-17-19-21-23-24-25-26-28-30-32-34-36-38-40-42-48(54)46-51(56)53-49(47-60-61(57,58)59-45-44-52)50(55)43-41-39-37-35-33-31-29-27-22-20-18-16-14-12-10-8-6-4-2/h23-24,26,28,48-50,54-55H,3-22,25,27,29-47,52H2,1-2H3,(H,53,56)(H,57,58)/b24-23-,28-26-. The Labute approximate surface area is 377 Å². The summed E-state index contributed by atoms with van der Waals surface area (Å²) in [7, 11) is -4.38. The van der Waals surface area contributed by atoms with Crippen LogP contribution in [0.5, 0.6) is 0 Å². The number of carbonyl (C=O) groups excluding carboxylic acids is 1. The number of aliphatic hydroxyl groups excluding tert-OH is 2. The largest absolute Gasteiger partial charge is 0.472 e. The van der Waals surface area contributed by atoms with Crippen LogP contribution in [-0.4, -0.2) is 59.0 Å². The van der Waals surface area contributed by atoms with Gasteiger partial charge in [0.2, 0.25) is 5.91 Å². The molecule has 10 heteroatoms. The van der Waals surface area contributed by atoms with E-state index in [-0.39, 0.29) is 26.2 Å². The van der Waals surface area contributed by atoms with Crippen LogP contribution in [0.1, 0.15) is 258 Å². The number of amides is 1. The molecule has 0 aliphatic rings. The van der Waals surface area contributed by atoms with Gasteiger partial charge in [0.25, 0.3) is 0 Å². The molecule has 0 aliphatic heterocycles. The number of hydrogen-bond donors (Lipinski definition) is 5. The van der Waals surface area contributed by atoms with Crippen molar-refractivity contribution in [3.05, 3.63) is 24.3 Å². The lowest BCUT2D eigenvalue weighted by Gasteiger charge is -2.25. The zero-order chi connectivity index (χ0) is 44.8. The maximum Gasteiger partial charge on any atom is 0.472 e. The Morgan fingerprint density at radius 2 is 0.934 bits per heavy atom. The molecule has 1 amide bonds. The van der Waals surface area contributed by atoms with Crippen molar-refractivity contribution in [2.45, 2.75) is 276 Å². The summed E-state index contributed by atoms with van der Waals surface area (Å²) in [5.74, 6) is -0.418. The van der Waals surface area contributed by atoms with Crippen molar-refractivity contribution >= 4 is 13.7 Å². The van der Waals surface area contributed by atoms with Gasteiger partial charge in [-0.15, -0.1) is 0 Å². The third-order valence-corrected chi connectivity index (χ3v) is 12.8. The lowest BCUT2D eigenvalue weighted by atomic mass is 10.0. The molecule has 0 rings (SSSR count). The summed E-state index contributed by atoms with van der Waals surface area (Å²) in [4.78, 5) is 22.9. The summed E-state index contributed by atoms with van der Waals surface area (Å²) >= 11 is 0. The minimum absolute atomic E-state index is 0.0584. The highest BCUT2D eigenvalue weighted by atomic mass is 31.2. The predicted octanol–water partition coefficient (Wildman–Crippen LogP) is 14.3. The summed E-state index contributed by atoms with van der Waals surface area (Å²) in [6, 6.07) is -0.901. The van der Waals surface area contributed by atoms with Crippen LogP contribution in [0.2, 0.25) is 0 Å². The van der Waals surface area contributed by atoms with Gasteiger partial charge in [-0.2, -0.15) is 0 Å². The fourth-order valence-corrected chi connectivity index (χ4v) is 8.68. The fraction of sp³-hybridized carbons (Fsp3) is 0.902. The third-order valence-electron chi connectivity index (χ3n) is 11.9. The number of phosphoric acid groups is 1. The number of allylic oxidation sites excluding steroid dienone is 4. The zero-order valence-electron chi connectivity index (χ0n) is 40.0. The molecule has 0 aromatic rings. The Morgan fingerprint density at radius 1 is 0.557 bits per heavy atom. The monoisotopic (exact) mass is 885 g/mol. The molecule has 4 unspecified atom stereocenters. The molecule has 0 fully saturated rings. The second kappa shape index (κ2) is 46.9. The van der Waals surface area contributed by atoms with E-state index in [2.05, 4.69) is 43.5 Å². The molecule has 0 saturated carbocycles. The lowest BCUT2D eigenvalue weighted by molar-refractivity contribution is -0.125. The van der Waals surface area contributed by atoms with Gasteiger partial charge in [0.05, 0.1) is 37.9 Å². The zero-order valence-corrected chi connectivity index (χ0v) is 40.9. The number of nitrogens with one attached hydrogen (secondary N) is 1. The fourth-order valence-electron chi connectivity index (χ4n) is 7.92. The van der Waals surface area contributed by atoms with E-state index in [0.717, 1.165) is 64.2 Å². The Morgan fingerprint density at radius 3 is 1.34 bits per heavy atom. The third kappa shape index (κ3) is 45.3.